The largest absolute Gasteiger partial charge is 0.494 e. The standard InChI is InChI=1S/C16H21N5O2S/c1-11(15(22)17-12-7-3-4-8-12)24-16-18-19-20-21(16)13-9-5-6-10-14(13)23-2/h5-6,9-12H,3-4,7-8H2,1-2H3,(H,17,22)/t11-/m0/s1. The summed E-state index contributed by atoms with van der Waals surface area (Å²) in [4.78, 5) is 12.4. The molecule has 1 fully saturated rings. The Bertz CT molecular complexity index is 699. The first kappa shape index (κ1) is 16.8. The van der Waals surface area contributed by atoms with E-state index in [4.69, 9.17) is 4.74 Å². The zero-order chi connectivity index (χ0) is 16.9. The molecule has 1 aromatic carbocycles. The number of aromatic nitrogens is 4. The number of tetrazole rings is 1. The molecule has 1 N–H and O–H groups in total. The van der Waals surface area contributed by atoms with Gasteiger partial charge in [0.15, 0.2) is 0 Å². The number of nitrogens with one attached hydrogen (secondary N) is 1. The van der Waals surface area contributed by atoms with E-state index in [-0.39, 0.29) is 11.2 Å². The second-order valence-corrected chi connectivity index (χ2v) is 7.10. The minimum atomic E-state index is -0.273. The Morgan fingerprint density at radius 2 is 2.12 bits per heavy atom. The van der Waals surface area contributed by atoms with Gasteiger partial charge in [0.05, 0.1) is 12.4 Å². The molecular weight excluding hydrogens is 326 g/mol. The van der Waals surface area contributed by atoms with E-state index in [1.165, 1.54) is 24.6 Å². The van der Waals surface area contributed by atoms with Crippen molar-refractivity contribution in [3.63, 3.8) is 0 Å². The van der Waals surface area contributed by atoms with Gasteiger partial charge in [-0.25, -0.2) is 0 Å². The predicted octanol–water partition coefficient (Wildman–Crippen LogP) is 2.21. The van der Waals surface area contributed by atoms with Gasteiger partial charge in [0.2, 0.25) is 11.1 Å². The van der Waals surface area contributed by atoms with Crippen LogP contribution in [0.1, 0.15) is 32.6 Å². The number of carbonyl (C=O) groups is 1. The van der Waals surface area contributed by atoms with E-state index in [1.54, 1.807) is 11.8 Å². The number of rotatable bonds is 6. The van der Waals surface area contributed by atoms with Gasteiger partial charge in [0, 0.05) is 6.04 Å². The first-order valence-corrected chi connectivity index (χ1v) is 8.96. The molecule has 1 aliphatic rings. The second-order valence-electron chi connectivity index (χ2n) is 5.80. The van der Waals surface area contributed by atoms with Gasteiger partial charge in [0.25, 0.3) is 0 Å². The minimum absolute atomic E-state index is 0.0291. The van der Waals surface area contributed by atoms with Crippen molar-refractivity contribution in [3.8, 4) is 11.4 Å². The third-order valence-corrected chi connectivity index (χ3v) is 5.14. The molecule has 2 aromatic rings. The second kappa shape index (κ2) is 7.65. The summed E-state index contributed by atoms with van der Waals surface area (Å²) < 4.78 is 6.96. The summed E-state index contributed by atoms with van der Waals surface area (Å²) in [5, 5.41) is 15.2. The Balaban J connectivity index is 1.72. The molecule has 0 spiro atoms. The molecule has 0 saturated heterocycles. The van der Waals surface area contributed by atoms with E-state index < -0.39 is 0 Å². The summed E-state index contributed by atoms with van der Waals surface area (Å²) in [5.41, 5.74) is 0.746. The maximum atomic E-state index is 12.4. The van der Waals surface area contributed by atoms with Gasteiger partial charge in [-0.1, -0.05) is 36.7 Å². The molecule has 1 aliphatic carbocycles. The van der Waals surface area contributed by atoms with Crippen molar-refractivity contribution in [1.82, 2.24) is 25.5 Å². The van der Waals surface area contributed by atoms with Crippen molar-refractivity contribution < 1.29 is 9.53 Å². The van der Waals surface area contributed by atoms with Gasteiger partial charge in [-0.15, -0.1) is 5.10 Å². The van der Waals surface area contributed by atoms with Crippen molar-refractivity contribution in [2.24, 2.45) is 0 Å². The number of hydrogen-bond donors (Lipinski definition) is 1. The Morgan fingerprint density at radius 1 is 1.38 bits per heavy atom. The van der Waals surface area contributed by atoms with Gasteiger partial charge >= 0.3 is 0 Å². The maximum Gasteiger partial charge on any atom is 0.233 e. The fraction of sp³-hybridized carbons (Fsp3) is 0.500. The molecule has 1 heterocycles. The molecule has 1 atom stereocenters. The van der Waals surface area contributed by atoms with Crippen LogP contribution in [0.15, 0.2) is 29.4 Å². The summed E-state index contributed by atoms with van der Waals surface area (Å²) in [6.07, 6.45) is 4.53. The molecule has 3 rings (SSSR count). The lowest BCUT2D eigenvalue weighted by Crippen LogP contribution is -2.37. The summed E-state index contributed by atoms with van der Waals surface area (Å²) in [6, 6.07) is 7.82. The van der Waals surface area contributed by atoms with E-state index in [9.17, 15) is 4.79 Å². The molecule has 128 valence electrons. The molecular formula is C16H21N5O2S. The van der Waals surface area contributed by atoms with Gasteiger partial charge in [-0.2, -0.15) is 4.68 Å². The van der Waals surface area contributed by atoms with Crippen LogP contribution in [-0.4, -0.2) is 44.5 Å². The van der Waals surface area contributed by atoms with Crippen LogP contribution in [0.4, 0.5) is 0 Å². The highest BCUT2D eigenvalue weighted by molar-refractivity contribution is 8.00. The molecule has 0 bridgehead atoms. The molecule has 7 nitrogen and oxygen atoms in total. The number of nitrogens with zero attached hydrogens (tertiary/aromatic N) is 4. The van der Waals surface area contributed by atoms with Crippen molar-refractivity contribution in [1.29, 1.82) is 0 Å². The van der Waals surface area contributed by atoms with Gasteiger partial charge < -0.3 is 10.1 Å². The highest BCUT2D eigenvalue weighted by atomic mass is 32.2. The van der Waals surface area contributed by atoms with Gasteiger partial charge in [-0.05, 0) is 42.3 Å². The first-order valence-electron chi connectivity index (χ1n) is 8.08. The lowest BCUT2D eigenvalue weighted by atomic mass is 10.2. The monoisotopic (exact) mass is 347 g/mol. The lowest BCUT2D eigenvalue weighted by Gasteiger charge is -2.16. The van der Waals surface area contributed by atoms with Crippen LogP contribution in [0.3, 0.4) is 0 Å². The number of thioether (sulfide) groups is 1. The number of para-hydroxylation sites is 2. The number of carbonyl (C=O) groups excluding carboxylic acids is 1. The van der Waals surface area contributed by atoms with Crippen LogP contribution in [0, 0.1) is 0 Å². The normalized spacial score (nSPS) is 16.1. The quantitative estimate of drug-likeness (QED) is 0.807. The Labute approximate surface area is 145 Å². The fourth-order valence-corrected chi connectivity index (χ4v) is 3.62. The minimum Gasteiger partial charge on any atom is -0.494 e. The lowest BCUT2D eigenvalue weighted by molar-refractivity contribution is -0.120. The number of benzene rings is 1. The average Bonchev–Trinajstić information content (AvgIpc) is 3.26. The molecule has 0 aliphatic heterocycles. The molecule has 0 radical (unpaired) electrons. The molecule has 1 amide bonds. The van der Waals surface area contributed by atoms with Crippen LogP contribution in [0.25, 0.3) is 5.69 Å². The Kier molecular flexibility index (Phi) is 5.34. The van der Waals surface area contributed by atoms with Crippen molar-refractivity contribution >= 4 is 17.7 Å². The third-order valence-electron chi connectivity index (χ3n) is 4.11. The third kappa shape index (κ3) is 3.69. The zero-order valence-electron chi connectivity index (χ0n) is 13.8. The van der Waals surface area contributed by atoms with E-state index in [1.807, 2.05) is 31.2 Å². The SMILES string of the molecule is COc1ccccc1-n1nnnc1S[C@@H](C)C(=O)NC1CCCC1. The van der Waals surface area contributed by atoms with Crippen molar-refractivity contribution in [2.45, 2.75) is 49.1 Å². The van der Waals surface area contributed by atoms with E-state index in [0.29, 0.717) is 16.9 Å². The Hall–Kier alpha value is -2.09. The van der Waals surface area contributed by atoms with Crippen LogP contribution in [-0.2, 0) is 4.79 Å². The molecule has 0 unspecified atom stereocenters. The summed E-state index contributed by atoms with van der Waals surface area (Å²) in [7, 11) is 1.60. The average molecular weight is 347 g/mol. The number of ether oxygens (including phenoxy) is 1. The maximum absolute atomic E-state index is 12.4. The summed E-state index contributed by atoms with van der Waals surface area (Å²) in [5.74, 6) is 0.705. The zero-order valence-corrected chi connectivity index (χ0v) is 14.6. The Morgan fingerprint density at radius 3 is 2.88 bits per heavy atom. The van der Waals surface area contributed by atoms with E-state index >= 15 is 0 Å². The van der Waals surface area contributed by atoms with E-state index in [2.05, 4.69) is 20.8 Å². The van der Waals surface area contributed by atoms with Gasteiger partial charge in [0.1, 0.15) is 11.4 Å². The molecule has 8 heteroatoms. The van der Waals surface area contributed by atoms with Crippen LogP contribution < -0.4 is 10.1 Å². The van der Waals surface area contributed by atoms with Crippen LogP contribution in [0.5, 0.6) is 5.75 Å². The smallest absolute Gasteiger partial charge is 0.233 e. The molecule has 24 heavy (non-hydrogen) atoms. The first-order chi connectivity index (χ1) is 11.7. The predicted molar refractivity (Wildman–Crippen MR) is 91.4 cm³/mol. The molecule has 1 aromatic heterocycles. The van der Waals surface area contributed by atoms with Crippen molar-refractivity contribution in [3.05, 3.63) is 24.3 Å². The topological polar surface area (TPSA) is 81.9 Å². The molecule has 1 saturated carbocycles. The number of amides is 1. The highest BCUT2D eigenvalue weighted by Crippen LogP contribution is 2.28. The summed E-state index contributed by atoms with van der Waals surface area (Å²) >= 11 is 1.34. The fourth-order valence-electron chi connectivity index (χ4n) is 2.81. The number of hydrogen-bond acceptors (Lipinski definition) is 6. The van der Waals surface area contributed by atoms with Crippen LogP contribution in [0.2, 0.25) is 0 Å². The van der Waals surface area contributed by atoms with Gasteiger partial charge in [-0.3, -0.25) is 4.79 Å². The van der Waals surface area contributed by atoms with Crippen LogP contribution >= 0.6 is 11.8 Å². The number of methoxy groups -OCH3 is 1. The van der Waals surface area contributed by atoms with E-state index in [0.717, 1.165) is 18.5 Å². The highest BCUT2D eigenvalue weighted by Gasteiger charge is 2.23. The van der Waals surface area contributed by atoms with Crippen molar-refractivity contribution in [2.75, 3.05) is 7.11 Å². The summed E-state index contributed by atoms with van der Waals surface area (Å²) in [6.45, 7) is 1.87.